The minimum absolute atomic E-state index is 0.0735. The maximum atomic E-state index is 11.2. The van der Waals surface area contributed by atoms with Gasteiger partial charge in [0.15, 0.2) is 0 Å². The molecule has 1 aromatic rings. The van der Waals surface area contributed by atoms with Crippen LogP contribution in [0, 0.1) is 0 Å². The minimum atomic E-state index is -0.399. The summed E-state index contributed by atoms with van der Waals surface area (Å²) < 4.78 is 0. The van der Waals surface area contributed by atoms with E-state index in [4.69, 9.17) is 5.73 Å². The van der Waals surface area contributed by atoms with Crippen molar-refractivity contribution in [2.75, 3.05) is 5.73 Å². The van der Waals surface area contributed by atoms with Crippen molar-refractivity contribution in [3.8, 4) is 5.88 Å². The lowest BCUT2D eigenvalue weighted by Gasteiger charge is -2.05. The molecule has 0 radical (unpaired) electrons. The Morgan fingerprint density at radius 3 is 2.69 bits per heavy atom. The number of aromatic amines is 1. The van der Waals surface area contributed by atoms with Crippen LogP contribution in [0.5, 0.6) is 5.88 Å². The average molecular weight is 201 g/mol. The van der Waals surface area contributed by atoms with Crippen molar-refractivity contribution in [1.82, 2.24) is 9.97 Å². The maximum Gasteiger partial charge on any atom is 0.269 e. The summed E-state index contributed by atoms with van der Waals surface area (Å²) in [6, 6.07) is 0. The molecule has 0 aliphatic carbocycles. The van der Waals surface area contributed by atoms with Gasteiger partial charge in [-0.05, 0) is 0 Å². The van der Waals surface area contributed by atoms with Crippen molar-refractivity contribution in [1.29, 1.82) is 0 Å². The Morgan fingerprint density at radius 1 is 1.62 bits per heavy atom. The van der Waals surface area contributed by atoms with Gasteiger partial charge in [-0.25, -0.2) is 0 Å². The second kappa shape index (κ2) is 3.69. The number of nitrogens with one attached hydrogen (secondary N) is 1. The highest BCUT2D eigenvalue weighted by atomic mass is 32.2. The zero-order chi connectivity index (χ0) is 10.0. The van der Waals surface area contributed by atoms with Gasteiger partial charge in [0.25, 0.3) is 5.56 Å². The van der Waals surface area contributed by atoms with Crippen LogP contribution in [0.1, 0.15) is 13.8 Å². The van der Waals surface area contributed by atoms with E-state index in [9.17, 15) is 9.90 Å². The standard InChI is InChI=1S/C7H11N3O2S/c1-3(2)13-4-5(11)9-7(8)10-6(4)12/h3H,1-2H3,(H4,8,9,10,11,12). The number of H-pyrrole nitrogens is 1. The van der Waals surface area contributed by atoms with Crippen LogP contribution in [0.2, 0.25) is 0 Å². The number of nitrogens with zero attached hydrogens (tertiary/aromatic N) is 1. The molecule has 72 valence electrons. The fraction of sp³-hybridized carbons (Fsp3) is 0.429. The van der Waals surface area contributed by atoms with E-state index in [0.717, 1.165) is 0 Å². The number of thioether (sulfide) groups is 1. The van der Waals surface area contributed by atoms with Crippen LogP contribution in [0.3, 0.4) is 0 Å². The van der Waals surface area contributed by atoms with E-state index in [1.807, 2.05) is 13.8 Å². The smallest absolute Gasteiger partial charge is 0.269 e. The lowest BCUT2D eigenvalue weighted by Crippen LogP contribution is -2.13. The maximum absolute atomic E-state index is 11.2. The molecule has 0 spiro atoms. The largest absolute Gasteiger partial charge is 0.492 e. The monoisotopic (exact) mass is 201 g/mol. The highest BCUT2D eigenvalue weighted by Crippen LogP contribution is 2.25. The van der Waals surface area contributed by atoms with Gasteiger partial charge in [-0.1, -0.05) is 13.8 Å². The highest BCUT2D eigenvalue weighted by molar-refractivity contribution is 8.00. The molecule has 0 unspecified atom stereocenters. The van der Waals surface area contributed by atoms with Gasteiger partial charge >= 0.3 is 0 Å². The Morgan fingerprint density at radius 2 is 2.23 bits per heavy atom. The number of rotatable bonds is 2. The Balaban J connectivity index is 3.14. The van der Waals surface area contributed by atoms with Crippen molar-refractivity contribution in [2.24, 2.45) is 0 Å². The van der Waals surface area contributed by atoms with Gasteiger partial charge in [0.2, 0.25) is 11.8 Å². The molecule has 1 rings (SSSR count). The van der Waals surface area contributed by atoms with Crippen molar-refractivity contribution in [3.63, 3.8) is 0 Å². The third-order valence-electron chi connectivity index (χ3n) is 1.23. The van der Waals surface area contributed by atoms with Gasteiger partial charge in [-0.3, -0.25) is 9.78 Å². The number of hydrogen-bond donors (Lipinski definition) is 3. The van der Waals surface area contributed by atoms with Crippen LogP contribution in [0.15, 0.2) is 9.69 Å². The van der Waals surface area contributed by atoms with Crippen molar-refractivity contribution < 1.29 is 5.11 Å². The number of nitrogens with two attached hydrogens (primary N) is 1. The molecule has 0 amide bonds. The number of aromatic hydroxyl groups is 1. The molecule has 5 nitrogen and oxygen atoms in total. The van der Waals surface area contributed by atoms with Crippen LogP contribution in [-0.2, 0) is 0 Å². The minimum Gasteiger partial charge on any atom is -0.492 e. The first kappa shape index (κ1) is 9.91. The van der Waals surface area contributed by atoms with Gasteiger partial charge < -0.3 is 10.8 Å². The number of hydrogen-bond acceptors (Lipinski definition) is 5. The second-order valence-corrected chi connectivity index (χ2v) is 4.36. The summed E-state index contributed by atoms with van der Waals surface area (Å²) in [6.45, 7) is 3.83. The van der Waals surface area contributed by atoms with E-state index in [1.165, 1.54) is 11.8 Å². The highest BCUT2D eigenvalue weighted by Gasteiger charge is 2.11. The Bertz CT molecular complexity index is 361. The first-order valence-corrected chi connectivity index (χ1v) is 4.64. The van der Waals surface area contributed by atoms with E-state index < -0.39 is 5.56 Å². The van der Waals surface area contributed by atoms with Crippen LogP contribution in [0.25, 0.3) is 0 Å². The predicted octanol–water partition coefficient (Wildman–Crippen LogP) is 0.558. The molecule has 6 heteroatoms. The lowest BCUT2D eigenvalue weighted by atomic mass is 10.6. The number of nitrogen functional groups attached to an aromatic ring is 1. The van der Waals surface area contributed by atoms with E-state index >= 15 is 0 Å². The Hall–Kier alpha value is -1.17. The average Bonchev–Trinajstić information content (AvgIpc) is 1.96. The molecule has 0 atom stereocenters. The summed E-state index contributed by atoms with van der Waals surface area (Å²) in [5.41, 5.74) is 4.82. The normalized spacial score (nSPS) is 10.7. The summed E-state index contributed by atoms with van der Waals surface area (Å²) in [6.07, 6.45) is 0. The first-order chi connectivity index (χ1) is 6.00. The molecular weight excluding hydrogens is 190 g/mol. The van der Waals surface area contributed by atoms with Gasteiger partial charge in [0.05, 0.1) is 0 Å². The Kier molecular flexibility index (Phi) is 2.82. The van der Waals surface area contributed by atoms with Crippen LogP contribution in [0.4, 0.5) is 5.95 Å². The van der Waals surface area contributed by atoms with E-state index in [2.05, 4.69) is 9.97 Å². The number of aromatic nitrogens is 2. The molecule has 0 aromatic carbocycles. The van der Waals surface area contributed by atoms with E-state index in [-0.39, 0.29) is 22.0 Å². The SMILES string of the molecule is CC(C)Sc1c(O)nc(N)[nH]c1=O. The number of anilines is 1. The van der Waals surface area contributed by atoms with Gasteiger partial charge in [-0.15, -0.1) is 11.8 Å². The van der Waals surface area contributed by atoms with Crippen LogP contribution in [-0.4, -0.2) is 20.3 Å². The van der Waals surface area contributed by atoms with E-state index in [0.29, 0.717) is 0 Å². The molecule has 0 saturated heterocycles. The summed E-state index contributed by atoms with van der Waals surface area (Å²) >= 11 is 1.25. The quantitative estimate of drug-likeness (QED) is 0.608. The zero-order valence-electron chi connectivity index (χ0n) is 7.37. The lowest BCUT2D eigenvalue weighted by molar-refractivity contribution is 0.437. The molecule has 0 fully saturated rings. The van der Waals surface area contributed by atoms with Gasteiger partial charge in [-0.2, -0.15) is 4.98 Å². The predicted molar refractivity (Wildman–Crippen MR) is 51.9 cm³/mol. The fourth-order valence-corrected chi connectivity index (χ4v) is 1.59. The molecule has 0 aliphatic heterocycles. The third kappa shape index (κ3) is 2.38. The fourth-order valence-electron chi connectivity index (χ4n) is 0.809. The Labute approximate surface area is 79.4 Å². The summed E-state index contributed by atoms with van der Waals surface area (Å²) in [5, 5.41) is 9.50. The second-order valence-electron chi connectivity index (χ2n) is 2.77. The van der Waals surface area contributed by atoms with E-state index in [1.54, 1.807) is 0 Å². The topological polar surface area (TPSA) is 92.0 Å². The first-order valence-electron chi connectivity index (χ1n) is 3.76. The van der Waals surface area contributed by atoms with Crippen LogP contribution < -0.4 is 11.3 Å². The van der Waals surface area contributed by atoms with Crippen molar-refractivity contribution in [2.45, 2.75) is 24.0 Å². The third-order valence-corrected chi connectivity index (χ3v) is 2.31. The summed E-state index contributed by atoms with van der Waals surface area (Å²) in [4.78, 5) is 17.3. The molecule has 1 aromatic heterocycles. The molecule has 13 heavy (non-hydrogen) atoms. The zero-order valence-corrected chi connectivity index (χ0v) is 8.18. The molecular formula is C7H11N3O2S. The summed E-state index contributed by atoms with van der Waals surface area (Å²) in [5.74, 6) is -0.379. The molecule has 4 N–H and O–H groups in total. The molecule has 0 aliphatic rings. The summed E-state index contributed by atoms with van der Waals surface area (Å²) in [7, 11) is 0. The molecule has 1 heterocycles. The molecule has 0 bridgehead atoms. The molecule has 0 saturated carbocycles. The van der Waals surface area contributed by atoms with Crippen molar-refractivity contribution >= 4 is 17.7 Å². The van der Waals surface area contributed by atoms with Gasteiger partial charge in [0.1, 0.15) is 4.90 Å². The van der Waals surface area contributed by atoms with Gasteiger partial charge in [0, 0.05) is 5.25 Å². The van der Waals surface area contributed by atoms with Crippen LogP contribution >= 0.6 is 11.8 Å². The van der Waals surface area contributed by atoms with Crippen molar-refractivity contribution in [3.05, 3.63) is 10.4 Å².